The van der Waals surface area contributed by atoms with Crippen LogP contribution in [0.15, 0.2) is 29.2 Å². The Labute approximate surface area is 165 Å². The van der Waals surface area contributed by atoms with Gasteiger partial charge < -0.3 is 10.1 Å². The van der Waals surface area contributed by atoms with Crippen LogP contribution in [-0.4, -0.2) is 74.9 Å². The van der Waals surface area contributed by atoms with Crippen LogP contribution in [0.3, 0.4) is 0 Å². The maximum absolute atomic E-state index is 12.4. The molecule has 0 saturated carbocycles. The highest BCUT2D eigenvalue weighted by atomic mass is 32.2. The first-order valence-corrected chi connectivity index (χ1v) is 12.2. The fraction of sp³-hybridized carbons (Fsp3) is 0.632. The summed E-state index contributed by atoms with van der Waals surface area (Å²) in [6, 6.07) is 6.76. The molecular weight excluding hydrogens is 384 g/mol. The van der Waals surface area contributed by atoms with Crippen molar-refractivity contribution in [3.63, 3.8) is 0 Å². The Hall–Kier alpha value is -1.09. The molecule has 1 aromatic carbocycles. The number of thioether (sulfide) groups is 1. The second-order valence-electron chi connectivity index (χ2n) is 7.29. The molecule has 1 aromatic rings. The summed E-state index contributed by atoms with van der Waals surface area (Å²) in [6.45, 7) is 5.72. The number of sulfone groups is 1. The van der Waals surface area contributed by atoms with Gasteiger partial charge in [0.15, 0.2) is 9.84 Å². The fourth-order valence-corrected chi connectivity index (χ4v) is 6.29. The number of carbonyl (C=O) groups is 1. The molecule has 2 saturated heterocycles. The predicted molar refractivity (Wildman–Crippen MR) is 108 cm³/mol. The zero-order chi connectivity index (χ0) is 19.3. The second-order valence-corrected chi connectivity index (χ2v) is 10.5. The lowest BCUT2D eigenvalue weighted by Gasteiger charge is -2.43. The van der Waals surface area contributed by atoms with Crippen molar-refractivity contribution in [2.45, 2.75) is 30.2 Å². The SMILES string of the molecule is Cc1ccc(S(=O)(=O)CCC(=O)NCC2(N3CCOCC3)CCSC2)cc1. The van der Waals surface area contributed by atoms with Crippen LogP contribution in [0.25, 0.3) is 0 Å². The highest BCUT2D eigenvalue weighted by molar-refractivity contribution is 7.99. The number of morpholine rings is 1. The van der Waals surface area contributed by atoms with E-state index < -0.39 is 9.84 Å². The van der Waals surface area contributed by atoms with Crippen LogP contribution in [0.1, 0.15) is 18.4 Å². The molecule has 1 atom stereocenters. The molecule has 0 spiro atoms. The number of hydrogen-bond acceptors (Lipinski definition) is 6. The number of nitrogens with one attached hydrogen (secondary N) is 1. The number of nitrogens with zero attached hydrogens (tertiary/aromatic N) is 1. The third kappa shape index (κ3) is 5.25. The third-order valence-electron chi connectivity index (χ3n) is 5.36. The van der Waals surface area contributed by atoms with Crippen molar-refractivity contribution in [2.75, 3.05) is 50.1 Å². The van der Waals surface area contributed by atoms with E-state index in [0.717, 1.165) is 49.8 Å². The molecule has 1 amide bonds. The molecule has 8 heteroatoms. The first kappa shape index (κ1) is 20.6. The topological polar surface area (TPSA) is 75.7 Å². The molecule has 27 heavy (non-hydrogen) atoms. The van der Waals surface area contributed by atoms with E-state index in [-0.39, 0.29) is 28.5 Å². The van der Waals surface area contributed by atoms with Gasteiger partial charge in [-0.2, -0.15) is 11.8 Å². The Morgan fingerprint density at radius 2 is 1.96 bits per heavy atom. The van der Waals surface area contributed by atoms with Crippen LogP contribution >= 0.6 is 11.8 Å². The molecule has 3 rings (SSSR count). The maximum Gasteiger partial charge on any atom is 0.221 e. The van der Waals surface area contributed by atoms with E-state index in [9.17, 15) is 13.2 Å². The van der Waals surface area contributed by atoms with E-state index in [1.807, 2.05) is 18.7 Å². The van der Waals surface area contributed by atoms with Gasteiger partial charge >= 0.3 is 0 Å². The van der Waals surface area contributed by atoms with E-state index in [0.29, 0.717) is 6.54 Å². The molecule has 1 N–H and O–H groups in total. The molecule has 2 aliphatic heterocycles. The number of ether oxygens (including phenoxy) is 1. The lowest BCUT2D eigenvalue weighted by molar-refractivity contribution is -0.121. The monoisotopic (exact) mass is 412 g/mol. The number of amides is 1. The van der Waals surface area contributed by atoms with Crippen LogP contribution in [0, 0.1) is 6.92 Å². The van der Waals surface area contributed by atoms with Crippen molar-refractivity contribution >= 4 is 27.5 Å². The van der Waals surface area contributed by atoms with Gasteiger partial charge in [0.05, 0.1) is 23.9 Å². The molecule has 2 heterocycles. The highest BCUT2D eigenvalue weighted by Crippen LogP contribution is 2.33. The van der Waals surface area contributed by atoms with Crippen molar-refractivity contribution in [3.8, 4) is 0 Å². The van der Waals surface area contributed by atoms with Crippen LogP contribution in [0.5, 0.6) is 0 Å². The van der Waals surface area contributed by atoms with Crippen molar-refractivity contribution in [1.82, 2.24) is 10.2 Å². The summed E-state index contributed by atoms with van der Waals surface area (Å²) >= 11 is 1.91. The number of rotatable bonds is 7. The van der Waals surface area contributed by atoms with Crippen LogP contribution in [0.2, 0.25) is 0 Å². The minimum absolute atomic E-state index is 0.0114. The standard InChI is InChI=1S/C19H28N2O4S2/c1-16-2-4-17(5-3-16)27(23,24)13-6-18(22)20-14-19(7-12-26-15-19)21-8-10-25-11-9-21/h2-5H,6-15H2,1H3,(H,20,22). The lowest BCUT2D eigenvalue weighted by Crippen LogP contribution is -2.59. The number of aryl methyl sites for hydroxylation is 1. The Kier molecular flexibility index (Phi) is 6.83. The van der Waals surface area contributed by atoms with E-state index >= 15 is 0 Å². The van der Waals surface area contributed by atoms with Crippen molar-refractivity contribution in [3.05, 3.63) is 29.8 Å². The van der Waals surface area contributed by atoms with E-state index in [1.54, 1.807) is 24.3 Å². The summed E-state index contributed by atoms with van der Waals surface area (Å²) < 4.78 is 30.3. The van der Waals surface area contributed by atoms with Crippen molar-refractivity contribution < 1.29 is 17.9 Å². The van der Waals surface area contributed by atoms with Crippen molar-refractivity contribution in [1.29, 1.82) is 0 Å². The van der Waals surface area contributed by atoms with E-state index in [4.69, 9.17) is 4.74 Å². The van der Waals surface area contributed by atoms with Crippen LogP contribution in [-0.2, 0) is 19.4 Å². The minimum Gasteiger partial charge on any atom is -0.379 e. The van der Waals surface area contributed by atoms with Gasteiger partial charge in [-0.15, -0.1) is 0 Å². The molecule has 1 unspecified atom stereocenters. The van der Waals surface area contributed by atoms with Gasteiger partial charge in [0, 0.05) is 37.3 Å². The lowest BCUT2D eigenvalue weighted by atomic mass is 9.95. The predicted octanol–water partition coefficient (Wildman–Crippen LogP) is 1.48. The molecule has 2 fully saturated rings. The fourth-order valence-electron chi connectivity index (χ4n) is 3.58. The Balaban J connectivity index is 1.53. The van der Waals surface area contributed by atoms with Gasteiger partial charge in [-0.25, -0.2) is 8.42 Å². The van der Waals surface area contributed by atoms with E-state index in [2.05, 4.69) is 10.2 Å². The minimum atomic E-state index is -3.44. The molecule has 6 nitrogen and oxygen atoms in total. The largest absolute Gasteiger partial charge is 0.379 e. The smallest absolute Gasteiger partial charge is 0.221 e. The molecule has 0 bridgehead atoms. The van der Waals surface area contributed by atoms with E-state index in [1.165, 1.54) is 0 Å². The van der Waals surface area contributed by atoms with Crippen LogP contribution in [0.4, 0.5) is 0 Å². The van der Waals surface area contributed by atoms with Crippen LogP contribution < -0.4 is 5.32 Å². The maximum atomic E-state index is 12.4. The average molecular weight is 413 g/mol. The van der Waals surface area contributed by atoms with Gasteiger partial charge in [-0.1, -0.05) is 17.7 Å². The van der Waals surface area contributed by atoms with Gasteiger partial charge in [-0.3, -0.25) is 9.69 Å². The molecular formula is C19H28N2O4S2. The zero-order valence-corrected chi connectivity index (χ0v) is 17.4. The number of carbonyl (C=O) groups excluding carboxylic acids is 1. The Morgan fingerprint density at radius 1 is 1.26 bits per heavy atom. The Bertz CT molecular complexity index is 737. The van der Waals surface area contributed by atoms with Gasteiger partial charge in [-0.05, 0) is 31.2 Å². The van der Waals surface area contributed by atoms with Gasteiger partial charge in [0.25, 0.3) is 0 Å². The highest BCUT2D eigenvalue weighted by Gasteiger charge is 2.40. The number of benzene rings is 1. The summed E-state index contributed by atoms with van der Waals surface area (Å²) in [7, 11) is -3.44. The summed E-state index contributed by atoms with van der Waals surface area (Å²) in [5.74, 6) is 1.72. The Morgan fingerprint density at radius 3 is 2.59 bits per heavy atom. The quantitative estimate of drug-likeness (QED) is 0.731. The van der Waals surface area contributed by atoms with Gasteiger partial charge in [0.1, 0.15) is 0 Å². The first-order chi connectivity index (χ1) is 12.9. The van der Waals surface area contributed by atoms with Gasteiger partial charge in [0.2, 0.25) is 5.91 Å². The second kappa shape index (κ2) is 8.94. The molecule has 0 radical (unpaired) electrons. The molecule has 2 aliphatic rings. The van der Waals surface area contributed by atoms with Crippen molar-refractivity contribution in [2.24, 2.45) is 0 Å². The summed E-state index contributed by atoms with van der Waals surface area (Å²) in [5, 5.41) is 3.00. The summed E-state index contributed by atoms with van der Waals surface area (Å²) in [5.41, 5.74) is 0.981. The first-order valence-electron chi connectivity index (χ1n) is 9.38. The summed E-state index contributed by atoms with van der Waals surface area (Å²) in [4.78, 5) is 15.0. The average Bonchev–Trinajstić information content (AvgIpc) is 3.16. The normalized spacial score (nSPS) is 24.0. The molecule has 150 valence electrons. The molecule has 0 aromatic heterocycles. The third-order valence-corrected chi connectivity index (χ3v) is 8.32. The number of hydrogen-bond donors (Lipinski definition) is 1. The zero-order valence-electron chi connectivity index (χ0n) is 15.8. The summed E-state index contributed by atoms with van der Waals surface area (Å²) in [6.07, 6.45) is 1.03. The molecule has 0 aliphatic carbocycles.